The minimum absolute atomic E-state index is 0.0351. The highest BCUT2D eigenvalue weighted by Gasteiger charge is 2.50. The Morgan fingerprint density at radius 3 is 2.68 bits per heavy atom. The molecule has 25 heavy (non-hydrogen) atoms. The molecule has 0 aromatic carbocycles. The Morgan fingerprint density at radius 2 is 2.08 bits per heavy atom. The highest BCUT2D eigenvalue weighted by atomic mass is 16.5. The van der Waals surface area contributed by atoms with Crippen LogP contribution in [0.25, 0.3) is 0 Å². The number of rotatable bonds is 4. The van der Waals surface area contributed by atoms with Crippen molar-refractivity contribution in [3.63, 3.8) is 0 Å². The molecule has 3 rings (SSSR count). The minimum Gasteiger partial charge on any atom is -0.466 e. The Bertz CT molecular complexity index is 864. The maximum absolute atomic E-state index is 12.9. The van der Waals surface area contributed by atoms with Crippen molar-refractivity contribution in [2.45, 2.75) is 32.9 Å². The molecule has 1 atom stereocenters. The van der Waals surface area contributed by atoms with E-state index in [0.29, 0.717) is 22.6 Å². The van der Waals surface area contributed by atoms with E-state index in [9.17, 15) is 14.4 Å². The Hall–Kier alpha value is -3.03. The fourth-order valence-electron chi connectivity index (χ4n) is 3.05. The van der Waals surface area contributed by atoms with Crippen LogP contribution >= 0.6 is 0 Å². The SMILES string of the molecule is COC(=O)c1occc1CN1C(=O)N[C@@](C)(c2cc(C)oc2C)C1=O. The van der Waals surface area contributed by atoms with Gasteiger partial charge in [-0.3, -0.25) is 9.69 Å². The van der Waals surface area contributed by atoms with Crippen LogP contribution in [-0.2, 0) is 21.6 Å². The molecule has 0 saturated carbocycles. The highest BCUT2D eigenvalue weighted by Crippen LogP contribution is 2.33. The van der Waals surface area contributed by atoms with E-state index in [1.54, 1.807) is 26.8 Å². The van der Waals surface area contributed by atoms with Gasteiger partial charge in [-0.1, -0.05) is 0 Å². The molecule has 3 heterocycles. The van der Waals surface area contributed by atoms with Crippen LogP contribution in [0.3, 0.4) is 0 Å². The summed E-state index contributed by atoms with van der Waals surface area (Å²) < 4.78 is 15.2. The summed E-state index contributed by atoms with van der Waals surface area (Å²) in [4.78, 5) is 38.1. The monoisotopic (exact) mass is 346 g/mol. The topological polar surface area (TPSA) is 102 Å². The van der Waals surface area contributed by atoms with Gasteiger partial charge < -0.3 is 18.9 Å². The van der Waals surface area contributed by atoms with E-state index in [1.165, 1.54) is 19.4 Å². The number of imide groups is 1. The van der Waals surface area contributed by atoms with Crippen molar-refractivity contribution in [1.29, 1.82) is 0 Å². The van der Waals surface area contributed by atoms with Gasteiger partial charge in [0.2, 0.25) is 5.76 Å². The van der Waals surface area contributed by atoms with E-state index in [-0.39, 0.29) is 12.3 Å². The number of furan rings is 2. The van der Waals surface area contributed by atoms with Crippen LogP contribution in [0.15, 0.2) is 27.2 Å². The normalized spacial score (nSPS) is 20.1. The molecule has 1 aliphatic heterocycles. The van der Waals surface area contributed by atoms with Crippen LogP contribution in [0, 0.1) is 13.8 Å². The maximum Gasteiger partial charge on any atom is 0.374 e. The molecule has 0 radical (unpaired) electrons. The van der Waals surface area contributed by atoms with Gasteiger partial charge in [0.15, 0.2) is 0 Å². The molecule has 0 aliphatic carbocycles. The third kappa shape index (κ3) is 2.59. The number of nitrogens with zero attached hydrogens (tertiary/aromatic N) is 1. The first kappa shape index (κ1) is 16.8. The lowest BCUT2D eigenvalue weighted by Gasteiger charge is -2.21. The number of esters is 1. The average Bonchev–Trinajstić information content (AvgIpc) is 3.21. The second-order valence-corrected chi connectivity index (χ2v) is 6.04. The standard InChI is InChI=1S/C17H18N2O6/c1-9-7-12(10(2)25-9)17(3)15(21)19(16(22)18-17)8-11-5-6-24-13(11)14(20)23-4/h5-7H,8H2,1-4H3,(H,18,22)/t17-/m0/s1. The zero-order chi connectivity index (χ0) is 18.4. The summed E-state index contributed by atoms with van der Waals surface area (Å²) in [5.41, 5.74) is -0.236. The van der Waals surface area contributed by atoms with Crippen molar-refractivity contribution in [2.24, 2.45) is 0 Å². The van der Waals surface area contributed by atoms with E-state index in [2.05, 4.69) is 10.1 Å². The van der Waals surface area contributed by atoms with Crippen LogP contribution in [0.4, 0.5) is 4.79 Å². The second kappa shape index (κ2) is 5.80. The molecular formula is C17H18N2O6. The third-order valence-electron chi connectivity index (χ3n) is 4.30. The molecule has 1 N–H and O–H groups in total. The number of hydrogen-bond acceptors (Lipinski definition) is 6. The summed E-state index contributed by atoms with van der Waals surface area (Å²) in [5.74, 6) is 0.0765. The van der Waals surface area contributed by atoms with Crippen LogP contribution in [0.5, 0.6) is 0 Å². The van der Waals surface area contributed by atoms with E-state index in [4.69, 9.17) is 8.83 Å². The third-order valence-corrected chi connectivity index (χ3v) is 4.30. The summed E-state index contributed by atoms with van der Waals surface area (Å²) in [6, 6.07) is 2.70. The molecule has 132 valence electrons. The summed E-state index contributed by atoms with van der Waals surface area (Å²) >= 11 is 0. The Kier molecular flexibility index (Phi) is 3.90. The fraction of sp³-hybridized carbons (Fsp3) is 0.353. The number of ether oxygens (including phenoxy) is 1. The van der Waals surface area contributed by atoms with Gasteiger partial charge in [0.25, 0.3) is 5.91 Å². The van der Waals surface area contributed by atoms with Gasteiger partial charge in [-0.25, -0.2) is 9.59 Å². The second-order valence-electron chi connectivity index (χ2n) is 6.04. The van der Waals surface area contributed by atoms with Crippen molar-refractivity contribution in [3.8, 4) is 0 Å². The van der Waals surface area contributed by atoms with E-state index in [0.717, 1.165) is 4.90 Å². The summed E-state index contributed by atoms with van der Waals surface area (Å²) in [6.07, 6.45) is 1.31. The van der Waals surface area contributed by atoms with E-state index >= 15 is 0 Å². The van der Waals surface area contributed by atoms with Gasteiger partial charge in [-0.15, -0.1) is 0 Å². The van der Waals surface area contributed by atoms with E-state index in [1.807, 2.05) is 0 Å². The lowest BCUT2D eigenvalue weighted by molar-refractivity contribution is -0.131. The number of carbonyl (C=O) groups excluding carboxylic acids is 3. The summed E-state index contributed by atoms with van der Waals surface area (Å²) in [6.45, 7) is 5.03. The Balaban J connectivity index is 1.91. The maximum atomic E-state index is 12.9. The first-order chi connectivity index (χ1) is 11.8. The predicted octanol–water partition coefficient (Wildman–Crippen LogP) is 2.24. The molecule has 3 amide bonds. The van der Waals surface area contributed by atoms with Gasteiger partial charge in [-0.2, -0.15) is 0 Å². The molecule has 1 saturated heterocycles. The zero-order valence-electron chi connectivity index (χ0n) is 14.3. The van der Waals surface area contributed by atoms with Gasteiger partial charge in [0.05, 0.1) is 19.9 Å². The van der Waals surface area contributed by atoms with Gasteiger partial charge in [0.1, 0.15) is 17.1 Å². The summed E-state index contributed by atoms with van der Waals surface area (Å²) in [5, 5.41) is 2.71. The fourth-order valence-corrected chi connectivity index (χ4v) is 3.05. The molecule has 1 fully saturated rings. The number of urea groups is 1. The molecule has 8 nitrogen and oxygen atoms in total. The van der Waals surface area contributed by atoms with Gasteiger partial charge in [-0.05, 0) is 32.9 Å². The average molecular weight is 346 g/mol. The molecule has 2 aromatic rings. The first-order valence-electron chi connectivity index (χ1n) is 7.64. The van der Waals surface area contributed by atoms with Crippen molar-refractivity contribution in [3.05, 3.63) is 46.8 Å². The van der Waals surface area contributed by atoms with Crippen molar-refractivity contribution in [2.75, 3.05) is 7.11 Å². The summed E-state index contributed by atoms with van der Waals surface area (Å²) in [7, 11) is 1.23. The molecule has 8 heteroatoms. The van der Waals surface area contributed by atoms with Crippen molar-refractivity contribution < 1.29 is 28.0 Å². The number of carbonyl (C=O) groups is 3. The van der Waals surface area contributed by atoms with Crippen LogP contribution in [0.1, 0.15) is 40.1 Å². The predicted molar refractivity (Wildman–Crippen MR) is 84.7 cm³/mol. The lowest BCUT2D eigenvalue weighted by atomic mass is 9.92. The van der Waals surface area contributed by atoms with Crippen LogP contribution < -0.4 is 5.32 Å². The number of methoxy groups -OCH3 is 1. The first-order valence-corrected chi connectivity index (χ1v) is 7.64. The van der Waals surface area contributed by atoms with Crippen molar-refractivity contribution >= 4 is 17.9 Å². The van der Waals surface area contributed by atoms with Gasteiger partial charge >= 0.3 is 12.0 Å². The van der Waals surface area contributed by atoms with Crippen LogP contribution in [0.2, 0.25) is 0 Å². The number of hydrogen-bond donors (Lipinski definition) is 1. The van der Waals surface area contributed by atoms with Crippen LogP contribution in [-0.4, -0.2) is 29.9 Å². The highest BCUT2D eigenvalue weighted by molar-refractivity contribution is 6.07. The molecule has 0 spiro atoms. The quantitative estimate of drug-likeness (QED) is 0.673. The number of amides is 3. The zero-order valence-corrected chi connectivity index (χ0v) is 14.3. The lowest BCUT2D eigenvalue weighted by Crippen LogP contribution is -2.41. The molecule has 2 aromatic heterocycles. The largest absolute Gasteiger partial charge is 0.466 e. The number of nitrogens with one attached hydrogen (secondary N) is 1. The molecule has 0 unspecified atom stereocenters. The smallest absolute Gasteiger partial charge is 0.374 e. The van der Waals surface area contributed by atoms with Crippen molar-refractivity contribution in [1.82, 2.24) is 10.2 Å². The van der Waals surface area contributed by atoms with E-state index < -0.39 is 23.4 Å². The number of aryl methyl sites for hydroxylation is 2. The Labute approximate surface area is 143 Å². The molecule has 1 aliphatic rings. The molecular weight excluding hydrogens is 328 g/mol. The molecule has 0 bridgehead atoms. The minimum atomic E-state index is -1.23. The van der Waals surface area contributed by atoms with Gasteiger partial charge in [0, 0.05) is 11.1 Å². The Morgan fingerprint density at radius 1 is 1.36 bits per heavy atom.